The van der Waals surface area contributed by atoms with Gasteiger partial charge in [0.25, 0.3) is 5.91 Å². The predicted octanol–water partition coefficient (Wildman–Crippen LogP) is 3.57. The van der Waals surface area contributed by atoms with Gasteiger partial charge in [-0.1, -0.05) is 0 Å². The lowest BCUT2D eigenvalue weighted by Gasteiger charge is -2.35. The molecule has 3 aliphatic rings. The number of hydrogen-bond donors (Lipinski definition) is 2. The van der Waals surface area contributed by atoms with E-state index in [4.69, 9.17) is 4.74 Å². The fourth-order valence-corrected chi connectivity index (χ4v) is 6.36. The van der Waals surface area contributed by atoms with E-state index in [-0.39, 0.29) is 11.8 Å². The van der Waals surface area contributed by atoms with Crippen molar-refractivity contribution in [1.29, 1.82) is 0 Å². The number of hydrogen-bond acceptors (Lipinski definition) is 9. The van der Waals surface area contributed by atoms with Crippen LogP contribution < -0.4 is 5.32 Å². The highest BCUT2D eigenvalue weighted by molar-refractivity contribution is 7.16. The number of aromatic nitrogens is 4. The number of carboxylic acid groups (broad SMARTS) is 1. The molecular formula is C25H29N7O4S. The minimum atomic E-state index is -1.11. The lowest BCUT2D eigenvalue weighted by molar-refractivity contribution is 0.0263. The number of rotatable bonds is 7. The van der Waals surface area contributed by atoms with Crippen LogP contribution in [0.15, 0.2) is 24.5 Å². The highest BCUT2D eigenvalue weighted by atomic mass is 32.1. The number of anilines is 2. The van der Waals surface area contributed by atoms with Gasteiger partial charge < -0.3 is 20.1 Å². The van der Waals surface area contributed by atoms with Crippen LogP contribution in [-0.4, -0.2) is 86.0 Å². The van der Waals surface area contributed by atoms with Crippen LogP contribution in [0.4, 0.5) is 16.4 Å². The van der Waals surface area contributed by atoms with E-state index in [9.17, 15) is 14.7 Å². The molecule has 6 rings (SSSR count). The molecule has 194 valence electrons. The standard InChI is InChI=1S/C25H29N7O4S/c1-25(2)21-16(22(33)31(25)8-7-30-9-11-36-12-10-30)13-19(37-21)17-5-6-26-23(28-17)29-18-14-27-32(24(34)35)20(18)15-3-4-15/h5-6,13-15H,3-4,7-12H2,1-2H3,(H,34,35)(H,26,28,29). The van der Waals surface area contributed by atoms with Crippen molar-refractivity contribution in [3.63, 3.8) is 0 Å². The van der Waals surface area contributed by atoms with Gasteiger partial charge in [-0.3, -0.25) is 9.69 Å². The molecule has 2 fully saturated rings. The average molecular weight is 524 g/mol. The summed E-state index contributed by atoms with van der Waals surface area (Å²) in [5.41, 5.74) is 2.28. The van der Waals surface area contributed by atoms with Crippen LogP contribution in [0.1, 0.15) is 53.5 Å². The van der Waals surface area contributed by atoms with E-state index < -0.39 is 11.6 Å². The normalized spacial score (nSPS) is 19.3. The molecule has 5 heterocycles. The van der Waals surface area contributed by atoms with Crippen molar-refractivity contribution >= 4 is 35.0 Å². The Labute approximate surface area is 218 Å². The van der Waals surface area contributed by atoms with E-state index in [1.807, 2.05) is 17.0 Å². The fourth-order valence-electron chi connectivity index (χ4n) is 5.13. The van der Waals surface area contributed by atoms with Crippen molar-refractivity contribution in [2.24, 2.45) is 0 Å². The maximum atomic E-state index is 13.4. The highest BCUT2D eigenvalue weighted by Crippen LogP contribution is 2.46. The van der Waals surface area contributed by atoms with Gasteiger partial charge in [0, 0.05) is 43.2 Å². The fraction of sp³-hybridized carbons (Fsp3) is 0.480. The molecule has 2 aliphatic heterocycles. The van der Waals surface area contributed by atoms with Gasteiger partial charge in [0.2, 0.25) is 5.95 Å². The number of amides is 1. The molecule has 0 bridgehead atoms. The topological polar surface area (TPSA) is 126 Å². The van der Waals surface area contributed by atoms with E-state index >= 15 is 0 Å². The largest absolute Gasteiger partial charge is 0.463 e. The van der Waals surface area contributed by atoms with E-state index in [0.717, 1.165) is 65.7 Å². The zero-order valence-electron chi connectivity index (χ0n) is 20.8. The smallest absolute Gasteiger partial charge is 0.432 e. The summed E-state index contributed by atoms with van der Waals surface area (Å²) < 4.78 is 6.46. The zero-order chi connectivity index (χ0) is 25.7. The van der Waals surface area contributed by atoms with Crippen LogP contribution in [0.25, 0.3) is 10.6 Å². The molecule has 0 spiro atoms. The third kappa shape index (κ3) is 4.38. The Bertz CT molecular complexity index is 1360. The van der Waals surface area contributed by atoms with Crippen molar-refractivity contribution < 1.29 is 19.4 Å². The van der Waals surface area contributed by atoms with Gasteiger partial charge in [0.1, 0.15) is 0 Å². The number of morpholine rings is 1. The molecule has 1 amide bonds. The van der Waals surface area contributed by atoms with Crippen LogP contribution in [0, 0.1) is 0 Å². The first-order valence-electron chi connectivity index (χ1n) is 12.5. The molecule has 0 unspecified atom stereocenters. The summed E-state index contributed by atoms with van der Waals surface area (Å²) >= 11 is 1.58. The number of carbonyl (C=O) groups is 2. The van der Waals surface area contributed by atoms with Crippen molar-refractivity contribution in [2.75, 3.05) is 44.7 Å². The second-order valence-corrected chi connectivity index (χ2v) is 11.2. The minimum absolute atomic E-state index is 0.0540. The van der Waals surface area contributed by atoms with E-state index in [2.05, 4.69) is 39.1 Å². The molecule has 0 atom stereocenters. The van der Waals surface area contributed by atoms with Gasteiger partial charge in [-0.15, -0.1) is 11.3 Å². The van der Waals surface area contributed by atoms with Crippen LogP contribution in [0.3, 0.4) is 0 Å². The first-order chi connectivity index (χ1) is 17.8. The molecule has 3 aromatic heterocycles. The summed E-state index contributed by atoms with van der Waals surface area (Å²) in [6.07, 6.45) is 3.93. The monoisotopic (exact) mass is 523 g/mol. The Morgan fingerprint density at radius 2 is 2.05 bits per heavy atom. The van der Waals surface area contributed by atoms with Gasteiger partial charge in [-0.2, -0.15) is 9.78 Å². The van der Waals surface area contributed by atoms with Crippen LogP contribution >= 0.6 is 11.3 Å². The van der Waals surface area contributed by atoms with Gasteiger partial charge in [0.05, 0.1) is 52.5 Å². The molecule has 0 aromatic carbocycles. The van der Waals surface area contributed by atoms with Crippen LogP contribution in [0.2, 0.25) is 0 Å². The second-order valence-electron chi connectivity index (χ2n) is 10.1. The van der Waals surface area contributed by atoms with Crippen LogP contribution in [-0.2, 0) is 10.3 Å². The van der Waals surface area contributed by atoms with Crippen LogP contribution in [0.5, 0.6) is 0 Å². The van der Waals surface area contributed by atoms with E-state index in [1.54, 1.807) is 17.5 Å². The Kier molecular flexibility index (Phi) is 5.97. The summed E-state index contributed by atoms with van der Waals surface area (Å²) in [7, 11) is 0. The van der Waals surface area contributed by atoms with Gasteiger partial charge in [0.15, 0.2) is 0 Å². The average Bonchev–Trinajstić information content (AvgIpc) is 3.40. The first kappa shape index (κ1) is 24.0. The summed E-state index contributed by atoms with van der Waals surface area (Å²) in [6.45, 7) is 9.00. The zero-order valence-corrected chi connectivity index (χ0v) is 21.6. The molecule has 37 heavy (non-hydrogen) atoms. The lowest BCUT2D eigenvalue weighted by Crippen LogP contribution is -2.46. The lowest BCUT2D eigenvalue weighted by atomic mass is 10.0. The molecule has 2 N–H and O–H groups in total. The Hall–Kier alpha value is -3.35. The number of nitrogens with zero attached hydrogens (tertiary/aromatic N) is 6. The quantitative estimate of drug-likeness (QED) is 0.478. The SMILES string of the molecule is CC1(C)c2sc(-c3ccnc(Nc4cnn(C(=O)O)c4C4CC4)n3)cc2C(=O)N1CCN1CCOCC1. The summed E-state index contributed by atoms with van der Waals surface area (Å²) in [4.78, 5) is 40.2. The molecule has 1 saturated heterocycles. The first-order valence-corrected chi connectivity index (χ1v) is 13.3. The molecule has 3 aromatic rings. The van der Waals surface area contributed by atoms with Crippen molar-refractivity contribution in [1.82, 2.24) is 29.5 Å². The van der Waals surface area contributed by atoms with E-state index in [1.165, 1.54) is 6.20 Å². The number of ether oxygens (including phenoxy) is 1. The number of fused-ring (bicyclic) bond motifs is 1. The minimum Gasteiger partial charge on any atom is -0.463 e. The number of carbonyl (C=O) groups excluding carboxylic acids is 1. The summed E-state index contributed by atoms with van der Waals surface area (Å²) in [5.74, 6) is 0.581. The second kappa shape index (κ2) is 9.19. The van der Waals surface area contributed by atoms with Crippen molar-refractivity contribution in [3.8, 4) is 10.6 Å². The highest BCUT2D eigenvalue weighted by Gasteiger charge is 2.45. The Morgan fingerprint density at radius 1 is 1.27 bits per heavy atom. The van der Waals surface area contributed by atoms with Gasteiger partial charge >= 0.3 is 6.09 Å². The number of thiophene rings is 1. The van der Waals surface area contributed by atoms with Gasteiger partial charge in [-0.25, -0.2) is 14.8 Å². The third-order valence-corrected chi connectivity index (χ3v) is 8.76. The Balaban J connectivity index is 1.21. The molecule has 1 saturated carbocycles. The molecule has 0 radical (unpaired) electrons. The van der Waals surface area contributed by atoms with E-state index in [0.29, 0.717) is 29.6 Å². The van der Waals surface area contributed by atoms with Crippen molar-refractivity contribution in [2.45, 2.75) is 38.1 Å². The molecule has 11 nitrogen and oxygen atoms in total. The summed E-state index contributed by atoms with van der Waals surface area (Å²) in [6, 6.07) is 3.76. The maximum absolute atomic E-state index is 13.4. The van der Waals surface area contributed by atoms with Crippen molar-refractivity contribution in [3.05, 3.63) is 40.7 Å². The molecular weight excluding hydrogens is 494 g/mol. The maximum Gasteiger partial charge on any atom is 0.432 e. The molecule has 12 heteroatoms. The predicted molar refractivity (Wildman–Crippen MR) is 138 cm³/mol. The molecule has 1 aliphatic carbocycles. The summed E-state index contributed by atoms with van der Waals surface area (Å²) in [5, 5.41) is 16.6. The number of nitrogens with one attached hydrogen (secondary N) is 1. The Morgan fingerprint density at radius 3 is 2.76 bits per heavy atom. The van der Waals surface area contributed by atoms with Gasteiger partial charge in [-0.05, 0) is 38.8 Å². The third-order valence-electron chi connectivity index (χ3n) is 7.29.